The van der Waals surface area contributed by atoms with E-state index in [1.807, 2.05) is 6.92 Å². The van der Waals surface area contributed by atoms with Crippen molar-refractivity contribution in [1.29, 1.82) is 0 Å². The maximum atomic E-state index is 11.5. The number of nitrogens with one attached hydrogen (secondary N) is 1. The second-order valence-electron chi connectivity index (χ2n) is 5.16. The molecule has 14 heavy (non-hydrogen) atoms. The predicted octanol–water partition coefficient (Wildman–Crippen LogP) is 1.28. The molecule has 3 nitrogen and oxygen atoms in total. The summed E-state index contributed by atoms with van der Waals surface area (Å²) >= 11 is 0. The molecule has 0 saturated heterocycles. The molecule has 2 unspecified atom stereocenters. The van der Waals surface area contributed by atoms with E-state index in [0.29, 0.717) is 0 Å². The van der Waals surface area contributed by atoms with Crippen LogP contribution in [0.5, 0.6) is 0 Å². The third-order valence-electron chi connectivity index (χ3n) is 2.97. The zero-order valence-corrected chi connectivity index (χ0v) is 9.47. The van der Waals surface area contributed by atoms with Gasteiger partial charge in [0.15, 0.2) is 0 Å². The molecule has 0 spiro atoms. The first-order valence-electron chi connectivity index (χ1n) is 5.47. The van der Waals surface area contributed by atoms with Crippen LogP contribution in [-0.2, 0) is 4.79 Å². The smallest absolute Gasteiger partial charge is 0.223 e. The van der Waals surface area contributed by atoms with Gasteiger partial charge in [0, 0.05) is 18.5 Å². The van der Waals surface area contributed by atoms with Crippen LogP contribution < -0.4 is 11.1 Å². The van der Waals surface area contributed by atoms with Gasteiger partial charge in [-0.05, 0) is 31.6 Å². The zero-order valence-electron chi connectivity index (χ0n) is 9.47. The lowest BCUT2D eigenvalue weighted by Crippen LogP contribution is -2.28. The number of carbonyl (C=O) groups is 1. The molecule has 1 rings (SSSR count). The molecule has 0 aliphatic heterocycles. The average molecular weight is 198 g/mol. The first-order valence-corrected chi connectivity index (χ1v) is 5.47. The number of carbonyl (C=O) groups excluding carboxylic acids is 1. The highest BCUT2D eigenvalue weighted by molar-refractivity contribution is 5.82. The minimum atomic E-state index is 0.222. The summed E-state index contributed by atoms with van der Waals surface area (Å²) in [6, 6.07) is 0.240. The van der Waals surface area contributed by atoms with Gasteiger partial charge in [0.1, 0.15) is 0 Å². The van der Waals surface area contributed by atoms with Crippen molar-refractivity contribution in [3.8, 4) is 0 Å². The van der Waals surface area contributed by atoms with Crippen molar-refractivity contribution in [2.75, 3.05) is 6.54 Å². The monoisotopic (exact) mass is 198 g/mol. The van der Waals surface area contributed by atoms with Crippen molar-refractivity contribution in [2.45, 2.75) is 46.1 Å². The maximum Gasteiger partial charge on any atom is 0.223 e. The fourth-order valence-corrected chi connectivity index (χ4v) is 1.67. The number of hydrogen-bond acceptors (Lipinski definition) is 2. The summed E-state index contributed by atoms with van der Waals surface area (Å²) in [5, 5.41) is 2.96. The van der Waals surface area contributed by atoms with Crippen LogP contribution in [0.15, 0.2) is 0 Å². The van der Waals surface area contributed by atoms with E-state index in [2.05, 4.69) is 19.2 Å². The minimum Gasteiger partial charge on any atom is -0.356 e. The fraction of sp³-hybridized carbons (Fsp3) is 0.909. The Morgan fingerprint density at radius 1 is 1.64 bits per heavy atom. The summed E-state index contributed by atoms with van der Waals surface area (Å²) in [6.45, 7) is 7.04. The van der Waals surface area contributed by atoms with Crippen LogP contribution in [0.1, 0.15) is 40.0 Å². The highest BCUT2D eigenvalue weighted by atomic mass is 16.2. The Bertz CT molecular complexity index is 211. The molecule has 0 aromatic carbocycles. The van der Waals surface area contributed by atoms with E-state index < -0.39 is 0 Å². The molecule has 1 aliphatic carbocycles. The van der Waals surface area contributed by atoms with Gasteiger partial charge >= 0.3 is 0 Å². The third-order valence-corrected chi connectivity index (χ3v) is 2.97. The van der Waals surface area contributed by atoms with Gasteiger partial charge in [-0.1, -0.05) is 13.8 Å². The molecule has 1 saturated carbocycles. The molecule has 1 fully saturated rings. The lowest BCUT2D eigenvalue weighted by atomic mass is 10.1. The SMILES string of the molecule is CC(N)CCCNC(=O)C1CC1(C)C. The molecular formula is C11H22N2O. The van der Waals surface area contributed by atoms with Crippen molar-refractivity contribution in [3.05, 3.63) is 0 Å². The number of rotatable bonds is 5. The molecule has 3 N–H and O–H groups in total. The normalized spacial score (nSPS) is 25.6. The van der Waals surface area contributed by atoms with Crippen LogP contribution in [0.4, 0.5) is 0 Å². The Morgan fingerprint density at radius 3 is 2.64 bits per heavy atom. The topological polar surface area (TPSA) is 55.1 Å². The number of nitrogens with two attached hydrogens (primary N) is 1. The van der Waals surface area contributed by atoms with Crippen molar-refractivity contribution < 1.29 is 4.79 Å². The van der Waals surface area contributed by atoms with Gasteiger partial charge in [-0.25, -0.2) is 0 Å². The van der Waals surface area contributed by atoms with Crippen LogP contribution in [-0.4, -0.2) is 18.5 Å². The molecular weight excluding hydrogens is 176 g/mol. The summed E-state index contributed by atoms with van der Waals surface area (Å²) in [5.74, 6) is 0.470. The molecule has 0 aromatic heterocycles. The summed E-state index contributed by atoms with van der Waals surface area (Å²) < 4.78 is 0. The zero-order chi connectivity index (χ0) is 10.8. The van der Waals surface area contributed by atoms with Crippen LogP contribution in [0.2, 0.25) is 0 Å². The largest absolute Gasteiger partial charge is 0.356 e. The molecule has 0 radical (unpaired) electrons. The van der Waals surface area contributed by atoms with Crippen LogP contribution in [0, 0.1) is 11.3 Å². The van der Waals surface area contributed by atoms with Crippen LogP contribution >= 0.6 is 0 Å². The van der Waals surface area contributed by atoms with Crippen molar-refractivity contribution >= 4 is 5.91 Å². The van der Waals surface area contributed by atoms with Crippen molar-refractivity contribution in [2.24, 2.45) is 17.1 Å². The average Bonchev–Trinajstić information content (AvgIpc) is 2.68. The Morgan fingerprint density at radius 2 is 2.21 bits per heavy atom. The molecule has 1 amide bonds. The van der Waals surface area contributed by atoms with E-state index in [1.165, 1.54) is 0 Å². The Labute approximate surface area is 86.4 Å². The second kappa shape index (κ2) is 4.30. The maximum absolute atomic E-state index is 11.5. The Balaban J connectivity index is 2.06. The van der Waals surface area contributed by atoms with E-state index in [1.54, 1.807) is 0 Å². The molecule has 3 heteroatoms. The van der Waals surface area contributed by atoms with E-state index in [4.69, 9.17) is 5.73 Å². The quantitative estimate of drug-likeness (QED) is 0.654. The summed E-state index contributed by atoms with van der Waals surface area (Å²) in [4.78, 5) is 11.5. The molecule has 0 bridgehead atoms. The first kappa shape index (κ1) is 11.5. The van der Waals surface area contributed by atoms with Gasteiger partial charge in [-0.15, -0.1) is 0 Å². The number of amides is 1. The molecule has 2 atom stereocenters. The fourth-order valence-electron chi connectivity index (χ4n) is 1.67. The standard InChI is InChI=1S/C11H22N2O/c1-8(12)5-4-6-13-10(14)9-7-11(9,2)3/h8-9H,4-7,12H2,1-3H3,(H,13,14). The molecule has 82 valence electrons. The van der Waals surface area contributed by atoms with Gasteiger partial charge in [0.25, 0.3) is 0 Å². The molecule has 0 heterocycles. The third kappa shape index (κ3) is 3.29. The van der Waals surface area contributed by atoms with Crippen molar-refractivity contribution in [3.63, 3.8) is 0 Å². The highest BCUT2D eigenvalue weighted by Crippen LogP contribution is 2.51. The summed E-state index contributed by atoms with van der Waals surface area (Å²) in [6.07, 6.45) is 3.00. The minimum absolute atomic E-state index is 0.222. The molecule has 0 aromatic rings. The van der Waals surface area contributed by atoms with Gasteiger partial charge < -0.3 is 11.1 Å². The van der Waals surface area contributed by atoms with Gasteiger partial charge in [-0.3, -0.25) is 4.79 Å². The second-order valence-corrected chi connectivity index (χ2v) is 5.16. The lowest BCUT2D eigenvalue weighted by Gasteiger charge is -2.07. The van der Waals surface area contributed by atoms with E-state index >= 15 is 0 Å². The summed E-state index contributed by atoms with van der Waals surface area (Å²) in [5.41, 5.74) is 5.85. The first-order chi connectivity index (χ1) is 6.43. The van der Waals surface area contributed by atoms with Gasteiger partial charge in [0.05, 0.1) is 0 Å². The van der Waals surface area contributed by atoms with Gasteiger partial charge in [-0.2, -0.15) is 0 Å². The Hall–Kier alpha value is -0.570. The molecule has 1 aliphatic rings. The van der Waals surface area contributed by atoms with E-state index in [0.717, 1.165) is 25.8 Å². The van der Waals surface area contributed by atoms with Crippen LogP contribution in [0.3, 0.4) is 0 Å². The Kier molecular flexibility index (Phi) is 3.53. The van der Waals surface area contributed by atoms with Crippen molar-refractivity contribution in [1.82, 2.24) is 5.32 Å². The number of hydrogen-bond donors (Lipinski definition) is 2. The van der Waals surface area contributed by atoms with Gasteiger partial charge in [0.2, 0.25) is 5.91 Å². The highest BCUT2D eigenvalue weighted by Gasteiger charge is 2.50. The van der Waals surface area contributed by atoms with Crippen LogP contribution in [0.25, 0.3) is 0 Å². The lowest BCUT2D eigenvalue weighted by molar-refractivity contribution is -0.122. The summed E-state index contributed by atoms with van der Waals surface area (Å²) in [7, 11) is 0. The van der Waals surface area contributed by atoms with E-state index in [-0.39, 0.29) is 23.3 Å². The predicted molar refractivity (Wildman–Crippen MR) is 57.8 cm³/mol. The van der Waals surface area contributed by atoms with E-state index in [9.17, 15) is 4.79 Å².